The molecule has 1 aromatic heterocycles. The van der Waals surface area contributed by atoms with Gasteiger partial charge in [-0.1, -0.05) is 0 Å². The van der Waals surface area contributed by atoms with E-state index in [1.165, 1.54) is 25.3 Å². The molecule has 140 valence electrons. The summed E-state index contributed by atoms with van der Waals surface area (Å²) in [6, 6.07) is 9.08. The third kappa shape index (κ3) is 3.31. The Hall–Kier alpha value is -3.49. The molecular weight excluding hydrogens is 353 g/mol. The van der Waals surface area contributed by atoms with Gasteiger partial charge in [0.15, 0.2) is 5.82 Å². The van der Waals surface area contributed by atoms with Crippen molar-refractivity contribution in [3.63, 3.8) is 0 Å². The smallest absolute Gasteiger partial charge is 0.273 e. The first-order valence-electron chi connectivity index (χ1n) is 8.05. The summed E-state index contributed by atoms with van der Waals surface area (Å²) in [5.74, 6) is 1.06. The SMILES string of the molecule is COc1cc([N+](=O)[O-])ccc1-c1nnc(N(C)c2ccc(F)c(C)c2)n1C. The quantitative estimate of drug-likeness (QED) is 0.503. The minimum atomic E-state index is -0.487. The van der Waals surface area contributed by atoms with Crippen LogP contribution < -0.4 is 9.64 Å². The van der Waals surface area contributed by atoms with Gasteiger partial charge in [-0.2, -0.15) is 0 Å². The summed E-state index contributed by atoms with van der Waals surface area (Å²) in [5, 5.41) is 19.4. The lowest BCUT2D eigenvalue weighted by Crippen LogP contribution is -2.15. The van der Waals surface area contributed by atoms with E-state index in [2.05, 4.69) is 10.2 Å². The van der Waals surface area contributed by atoms with Crippen LogP contribution in [0.1, 0.15) is 5.56 Å². The predicted octanol–water partition coefficient (Wildman–Crippen LogP) is 3.61. The number of benzene rings is 2. The highest BCUT2D eigenvalue weighted by molar-refractivity contribution is 5.69. The van der Waals surface area contributed by atoms with Gasteiger partial charge >= 0.3 is 0 Å². The van der Waals surface area contributed by atoms with Gasteiger partial charge in [-0.25, -0.2) is 4.39 Å². The van der Waals surface area contributed by atoms with Crippen molar-refractivity contribution in [3.8, 4) is 17.1 Å². The summed E-state index contributed by atoms with van der Waals surface area (Å²) in [6.07, 6.45) is 0. The van der Waals surface area contributed by atoms with Gasteiger partial charge in [0, 0.05) is 25.8 Å². The molecule has 0 bridgehead atoms. The van der Waals surface area contributed by atoms with E-state index in [1.807, 2.05) is 0 Å². The van der Waals surface area contributed by atoms with Crippen LogP contribution in [0.2, 0.25) is 0 Å². The average Bonchev–Trinajstić information content (AvgIpc) is 3.03. The fraction of sp³-hybridized carbons (Fsp3) is 0.222. The molecule has 0 unspecified atom stereocenters. The molecule has 0 atom stereocenters. The van der Waals surface area contributed by atoms with E-state index in [0.29, 0.717) is 28.6 Å². The van der Waals surface area contributed by atoms with Crippen LogP contribution in [0.25, 0.3) is 11.4 Å². The molecule has 3 rings (SSSR count). The zero-order valence-electron chi connectivity index (χ0n) is 15.3. The molecule has 0 fully saturated rings. The molecule has 0 aliphatic carbocycles. The minimum absolute atomic E-state index is 0.0723. The summed E-state index contributed by atoms with van der Waals surface area (Å²) in [7, 11) is 5.01. The normalized spacial score (nSPS) is 10.7. The van der Waals surface area contributed by atoms with Crippen molar-refractivity contribution in [1.82, 2.24) is 14.8 Å². The number of nitro benzene ring substituents is 1. The summed E-state index contributed by atoms with van der Waals surface area (Å²) < 4.78 is 20.6. The van der Waals surface area contributed by atoms with Crippen LogP contribution in [0, 0.1) is 22.9 Å². The first-order chi connectivity index (χ1) is 12.8. The van der Waals surface area contributed by atoms with Gasteiger partial charge in [-0.3, -0.25) is 14.7 Å². The van der Waals surface area contributed by atoms with Crippen molar-refractivity contribution in [1.29, 1.82) is 0 Å². The topological polar surface area (TPSA) is 86.3 Å². The zero-order chi connectivity index (χ0) is 19.7. The molecule has 0 amide bonds. The maximum atomic E-state index is 13.5. The molecule has 1 heterocycles. The van der Waals surface area contributed by atoms with Gasteiger partial charge in [0.05, 0.1) is 23.7 Å². The molecule has 27 heavy (non-hydrogen) atoms. The van der Waals surface area contributed by atoms with Crippen LogP contribution >= 0.6 is 0 Å². The molecule has 0 saturated carbocycles. The van der Waals surface area contributed by atoms with Crippen LogP contribution in [-0.2, 0) is 7.05 Å². The van der Waals surface area contributed by atoms with Crippen molar-refractivity contribution in [3.05, 3.63) is 57.9 Å². The summed E-state index contributed by atoms with van der Waals surface area (Å²) >= 11 is 0. The Bertz CT molecular complexity index is 1020. The van der Waals surface area contributed by atoms with Crippen molar-refractivity contribution >= 4 is 17.3 Å². The molecule has 0 saturated heterocycles. The lowest BCUT2D eigenvalue weighted by molar-refractivity contribution is -0.384. The van der Waals surface area contributed by atoms with Crippen molar-refractivity contribution in [2.45, 2.75) is 6.92 Å². The molecular formula is C18H18FN5O3. The van der Waals surface area contributed by atoms with Crippen molar-refractivity contribution < 1.29 is 14.1 Å². The highest BCUT2D eigenvalue weighted by Gasteiger charge is 2.20. The Morgan fingerprint density at radius 1 is 1.22 bits per heavy atom. The number of non-ortho nitro benzene ring substituents is 1. The largest absolute Gasteiger partial charge is 0.496 e. The van der Waals surface area contributed by atoms with Gasteiger partial charge in [0.1, 0.15) is 11.6 Å². The van der Waals surface area contributed by atoms with E-state index in [0.717, 1.165) is 5.69 Å². The van der Waals surface area contributed by atoms with Gasteiger partial charge in [-0.15, -0.1) is 10.2 Å². The molecule has 0 aliphatic rings. The Morgan fingerprint density at radius 2 is 1.96 bits per heavy atom. The van der Waals surface area contributed by atoms with Crippen LogP contribution in [0.4, 0.5) is 21.7 Å². The highest BCUT2D eigenvalue weighted by atomic mass is 19.1. The third-order valence-corrected chi connectivity index (χ3v) is 4.32. The number of aryl methyl sites for hydroxylation is 1. The zero-order valence-corrected chi connectivity index (χ0v) is 15.3. The van der Waals surface area contributed by atoms with Crippen LogP contribution in [-0.4, -0.2) is 33.8 Å². The van der Waals surface area contributed by atoms with Gasteiger partial charge < -0.3 is 9.64 Å². The Morgan fingerprint density at radius 3 is 2.59 bits per heavy atom. The molecule has 0 spiro atoms. The van der Waals surface area contributed by atoms with Crippen LogP contribution in [0.15, 0.2) is 36.4 Å². The van der Waals surface area contributed by atoms with E-state index >= 15 is 0 Å². The Labute approximate surface area is 155 Å². The number of rotatable bonds is 5. The first kappa shape index (κ1) is 18.3. The number of hydrogen-bond donors (Lipinski definition) is 0. The second-order valence-corrected chi connectivity index (χ2v) is 6.02. The Kier molecular flexibility index (Phi) is 4.76. The number of nitrogens with zero attached hydrogens (tertiary/aromatic N) is 5. The predicted molar refractivity (Wildman–Crippen MR) is 98.8 cm³/mol. The van der Waals surface area contributed by atoms with Crippen molar-refractivity contribution in [2.24, 2.45) is 7.05 Å². The summed E-state index contributed by atoms with van der Waals surface area (Å²) in [5.41, 5.74) is 1.79. The fourth-order valence-electron chi connectivity index (χ4n) is 2.78. The molecule has 0 N–H and O–H groups in total. The van der Waals surface area contributed by atoms with Gasteiger partial charge in [-0.05, 0) is 36.8 Å². The van der Waals surface area contributed by atoms with E-state index < -0.39 is 4.92 Å². The number of anilines is 2. The lowest BCUT2D eigenvalue weighted by atomic mass is 10.1. The Balaban J connectivity index is 2.02. The van der Waals surface area contributed by atoms with Crippen LogP contribution in [0.5, 0.6) is 5.75 Å². The molecule has 0 radical (unpaired) electrons. The van der Waals surface area contributed by atoms with E-state index in [-0.39, 0.29) is 11.5 Å². The number of aromatic nitrogens is 3. The lowest BCUT2D eigenvalue weighted by Gasteiger charge is -2.19. The average molecular weight is 371 g/mol. The summed E-state index contributed by atoms with van der Waals surface area (Å²) in [4.78, 5) is 12.3. The highest BCUT2D eigenvalue weighted by Crippen LogP contribution is 2.34. The van der Waals surface area contributed by atoms with E-state index in [9.17, 15) is 14.5 Å². The number of nitro groups is 1. The van der Waals surface area contributed by atoms with Gasteiger partial charge in [0.25, 0.3) is 5.69 Å². The van der Waals surface area contributed by atoms with E-state index in [4.69, 9.17) is 4.74 Å². The molecule has 2 aromatic carbocycles. The number of methoxy groups -OCH3 is 1. The van der Waals surface area contributed by atoms with E-state index in [1.54, 1.807) is 48.7 Å². The van der Waals surface area contributed by atoms with Gasteiger partial charge in [0.2, 0.25) is 5.95 Å². The van der Waals surface area contributed by atoms with Crippen molar-refractivity contribution in [2.75, 3.05) is 19.1 Å². The standard InChI is InChI=1S/C18H18FN5O3/c1-11-9-12(6-8-15(11)19)22(2)18-21-20-17(23(18)3)14-7-5-13(24(25)26)10-16(14)27-4/h5-10H,1-4H3. The first-order valence-corrected chi connectivity index (χ1v) is 8.05. The second-order valence-electron chi connectivity index (χ2n) is 6.02. The molecule has 8 nitrogen and oxygen atoms in total. The number of hydrogen-bond acceptors (Lipinski definition) is 6. The number of ether oxygens (including phenoxy) is 1. The minimum Gasteiger partial charge on any atom is -0.496 e. The second kappa shape index (κ2) is 7.02. The molecule has 3 aromatic rings. The maximum Gasteiger partial charge on any atom is 0.273 e. The maximum absolute atomic E-state index is 13.5. The molecule has 0 aliphatic heterocycles. The number of halogens is 1. The third-order valence-electron chi connectivity index (χ3n) is 4.32. The summed E-state index contributed by atoms with van der Waals surface area (Å²) in [6.45, 7) is 1.69. The fourth-order valence-corrected chi connectivity index (χ4v) is 2.78. The van der Waals surface area contributed by atoms with Crippen LogP contribution in [0.3, 0.4) is 0 Å². The molecule has 9 heteroatoms. The monoisotopic (exact) mass is 371 g/mol.